The standard InChI is InChI=1S/C34H45BrN4O5S/c1-6-38(7-2)23-13-9-21(10-14-23)37-32(42)30-34-18-26(35)29(45-34)27(28(34)33(43)39(30)24(19-40)17-20(4)5)31(41)36-22-11-15-25(16-12-22)44-8-3/h9-16,20,24,26-30,40H,6-8,17-19H2,1-5H3,(H,36,41)(H,37,42)/t24-,26?,27-,28+,29-,30?,34?/m1/s1. The van der Waals surface area contributed by atoms with Gasteiger partial charge in [0.2, 0.25) is 17.7 Å². The van der Waals surface area contributed by atoms with Gasteiger partial charge in [0.25, 0.3) is 0 Å². The second kappa shape index (κ2) is 13.9. The lowest BCUT2D eigenvalue weighted by atomic mass is 9.70. The highest BCUT2D eigenvalue weighted by Gasteiger charge is 2.76. The van der Waals surface area contributed by atoms with Crippen LogP contribution in [0.25, 0.3) is 0 Å². The Morgan fingerprint density at radius 1 is 1.04 bits per heavy atom. The number of benzene rings is 2. The van der Waals surface area contributed by atoms with E-state index in [4.69, 9.17) is 4.74 Å². The summed E-state index contributed by atoms with van der Waals surface area (Å²) in [6.07, 6.45) is 1.11. The molecule has 3 fully saturated rings. The number of aliphatic hydroxyl groups excluding tert-OH is 1. The van der Waals surface area contributed by atoms with E-state index in [1.807, 2.05) is 45.0 Å². The van der Waals surface area contributed by atoms with Crippen LogP contribution in [0, 0.1) is 17.8 Å². The molecular weight excluding hydrogens is 656 g/mol. The molecule has 1 spiro atoms. The summed E-state index contributed by atoms with van der Waals surface area (Å²) in [6.45, 7) is 12.2. The lowest BCUT2D eigenvalue weighted by molar-refractivity contribution is -0.141. The molecule has 3 heterocycles. The number of carbonyl (C=O) groups excluding carboxylic acids is 3. The van der Waals surface area contributed by atoms with Crippen molar-refractivity contribution in [3.05, 3.63) is 48.5 Å². The summed E-state index contributed by atoms with van der Waals surface area (Å²) >= 11 is 5.42. The van der Waals surface area contributed by atoms with Crippen molar-refractivity contribution < 1.29 is 24.2 Å². The quantitative estimate of drug-likeness (QED) is 0.241. The smallest absolute Gasteiger partial charge is 0.248 e. The summed E-state index contributed by atoms with van der Waals surface area (Å²) in [4.78, 5) is 46.6. The number of alkyl halides is 1. The zero-order valence-electron chi connectivity index (χ0n) is 26.7. The zero-order chi connectivity index (χ0) is 32.5. The van der Waals surface area contributed by atoms with Crippen molar-refractivity contribution in [2.24, 2.45) is 17.8 Å². The van der Waals surface area contributed by atoms with Crippen LogP contribution in [0.3, 0.4) is 0 Å². The molecule has 3 aliphatic heterocycles. The Bertz CT molecular complexity index is 1370. The molecule has 3 saturated heterocycles. The van der Waals surface area contributed by atoms with Crippen LogP contribution in [-0.2, 0) is 14.4 Å². The fraction of sp³-hybridized carbons (Fsp3) is 0.559. The molecule has 3 unspecified atom stereocenters. The third-order valence-electron chi connectivity index (χ3n) is 9.32. The molecule has 7 atom stereocenters. The van der Waals surface area contributed by atoms with Crippen molar-refractivity contribution >= 4 is 62.5 Å². The number of aliphatic hydroxyl groups is 1. The van der Waals surface area contributed by atoms with Crippen molar-refractivity contribution in [2.75, 3.05) is 41.8 Å². The summed E-state index contributed by atoms with van der Waals surface area (Å²) in [5.41, 5.74) is 2.33. The first-order valence-electron chi connectivity index (χ1n) is 16.0. The van der Waals surface area contributed by atoms with Crippen LogP contribution in [0.2, 0.25) is 0 Å². The van der Waals surface area contributed by atoms with Crippen LogP contribution in [-0.4, -0.2) is 80.9 Å². The normalized spacial score (nSPS) is 27.4. The molecular formula is C34H45BrN4O5S. The topological polar surface area (TPSA) is 111 Å². The van der Waals surface area contributed by atoms with Crippen molar-refractivity contribution in [1.82, 2.24) is 4.90 Å². The molecule has 0 radical (unpaired) electrons. The lowest BCUT2D eigenvalue weighted by Gasteiger charge is -2.37. The van der Waals surface area contributed by atoms with Crippen LogP contribution in [0.1, 0.15) is 47.5 Å². The van der Waals surface area contributed by atoms with Crippen molar-refractivity contribution in [3.8, 4) is 5.75 Å². The first-order chi connectivity index (χ1) is 21.6. The average Bonchev–Trinajstić information content (AvgIpc) is 3.61. The van der Waals surface area contributed by atoms with Crippen LogP contribution in [0.5, 0.6) is 5.75 Å². The summed E-state index contributed by atoms with van der Waals surface area (Å²) in [5, 5.41) is 16.5. The van der Waals surface area contributed by atoms with Gasteiger partial charge in [0.1, 0.15) is 11.8 Å². The molecule has 244 valence electrons. The Hall–Kier alpha value is -2.76. The van der Waals surface area contributed by atoms with Crippen LogP contribution < -0.4 is 20.3 Å². The predicted octanol–water partition coefficient (Wildman–Crippen LogP) is 5.38. The Kier molecular flexibility index (Phi) is 10.4. The minimum atomic E-state index is -0.841. The zero-order valence-corrected chi connectivity index (χ0v) is 29.1. The van der Waals surface area contributed by atoms with Crippen molar-refractivity contribution in [1.29, 1.82) is 0 Å². The second-order valence-electron chi connectivity index (χ2n) is 12.5. The van der Waals surface area contributed by atoms with E-state index in [-0.39, 0.29) is 40.3 Å². The number of ether oxygens (including phenoxy) is 1. The number of hydrogen-bond donors (Lipinski definition) is 3. The maximum absolute atomic E-state index is 14.5. The molecule has 45 heavy (non-hydrogen) atoms. The van der Waals surface area contributed by atoms with E-state index in [1.54, 1.807) is 40.9 Å². The van der Waals surface area contributed by atoms with E-state index in [0.29, 0.717) is 36.6 Å². The van der Waals surface area contributed by atoms with Crippen LogP contribution in [0.4, 0.5) is 17.1 Å². The van der Waals surface area contributed by atoms with Gasteiger partial charge < -0.3 is 30.3 Å². The number of hydrogen-bond acceptors (Lipinski definition) is 7. The fourth-order valence-corrected chi connectivity index (χ4v) is 11.1. The summed E-state index contributed by atoms with van der Waals surface area (Å²) in [7, 11) is 0. The van der Waals surface area contributed by atoms with E-state index in [0.717, 1.165) is 18.8 Å². The largest absolute Gasteiger partial charge is 0.494 e. The van der Waals surface area contributed by atoms with Gasteiger partial charge in [0.05, 0.1) is 35.8 Å². The maximum Gasteiger partial charge on any atom is 0.248 e. The van der Waals surface area contributed by atoms with Gasteiger partial charge in [-0.25, -0.2) is 0 Å². The fourth-order valence-electron chi connectivity index (χ4n) is 7.46. The SMILES string of the molecule is CCOc1ccc(NC(=O)[C@H]2[C@@H]3SC4(CC3Br)C(C(=O)Nc3ccc(N(CC)CC)cc3)N([C@@H](CO)CC(C)C)C(=O)[C@H]24)cc1. The minimum absolute atomic E-state index is 0.0519. The van der Waals surface area contributed by atoms with Crippen LogP contribution >= 0.6 is 27.7 Å². The summed E-state index contributed by atoms with van der Waals surface area (Å²) in [6, 6.07) is 13.6. The third-order valence-corrected chi connectivity index (χ3v) is 12.5. The highest BCUT2D eigenvalue weighted by molar-refractivity contribution is 9.09. The second-order valence-corrected chi connectivity index (χ2v) is 15.2. The number of amides is 3. The van der Waals surface area contributed by atoms with E-state index in [2.05, 4.69) is 45.3 Å². The van der Waals surface area contributed by atoms with E-state index in [1.165, 1.54) is 0 Å². The maximum atomic E-state index is 14.5. The molecule has 3 N–H and O–H groups in total. The molecule has 3 amide bonds. The number of thioether (sulfide) groups is 1. The highest BCUT2D eigenvalue weighted by atomic mass is 79.9. The number of carbonyl (C=O) groups is 3. The molecule has 2 bridgehead atoms. The summed E-state index contributed by atoms with van der Waals surface area (Å²) < 4.78 is 4.72. The number of rotatable bonds is 13. The molecule has 2 aromatic carbocycles. The Morgan fingerprint density at radius 2 is 1.64 bits per heavy atom. The van der Waals surface area contributed by atoms with Gasteiger partial charge in [-0.05, 0) is 88.1 Å². The van der Waals surface area contributed by atoms with Crippen molar-refractivity contribution in [2.45, 2.75) is 74.4 Å². The van der Waals surface area contributed by atoms with E-state index in [9.17, 15) is 19.5 Å². The third kappa shape index (κ3) is 6.32. The van der Waals surface area contributed by atoms with E-state index < -0.39 is 28.7 Å². The average molecular weight is 702 g/mol. The molecule has 0 aliphatic carbocycles. The van der Waals surface area contributed by atoms with Gasteiger partial charge >= 0.3 is 0 Å². The highest BCUT2D eigenvalue weighted by Crippen LogP contribution is 2.68. The predicted molar refractivity (Wildman–Crippen MR) is 184 cm³/mol. The van der Waals surface area contributed by atoms with Gasteiger partial charge in [-0.2, -0.15) is 0 Å². The number of nitrogens with zero attached hydrogens (tertiary/aromatic N) is 2. The molecule has 9 nitrogen and oxygen atoms in total. The van der Waals surface area contributed by atoms with Gasteiger partial charge in [-0.1, -0.05) is 29.8 Å². The Labute approximate surface area is 279 Å². The molecule has 0 saturated carbocycles. The van der Waals surface area contributed by atoms with E-state index >= 15 is 0 Å². The van der Waals surface area contributed by atoms with Gasteiger partial charge in [-0.15, -0.1) is 11.8 Å². The molecule has 3 aliphatic rings. The number of halogens is 1. The monoisotopic (exact) mass is 700 g/mol. The van der Waals surface area contributed by atoms with Crippen molar-refractivity contribution in [3.63, 3.8) is 0 Å². The summed E-state index contributed by atoms with van der Waals surface area (Å²) in [5.74, 6) is -1.18. The van der Waals surface area contributed by atoms with Gasteiger partial charge in [0, 0.05) is 40.2 Å². The van der Waals surface area contributed by atoms with Gasteiger partial charge in [0.15, 0.2) is 0 Å². The first kappa shape index (κ1) is 33.6. The minimum Gasteiger partial charge on any atom is -0.494 e. The number of nitrogens with one attached hydrogen (secondary N) is 2. The first-order valence-corrected chi connectivity index (χ1v) is 17.8. The molecule has 11 heteroatoms. The number of fused-ring (bicyclic) bond motifs is 1. The Balaban J connectivity index is 1.47. The van der Waals surface area contributed by atoms with Crippen LogP contribution in [0.15, 0.2) is 48.5 Å². The number of likely N-dealkylation sites (tertiary alicyclic amines) is 1. The number of anilines is 3. The Morgan fingerprint density at radius 3 is 2.20 bits per heavy atom. The molecule has 5 rings (SSSR count). The molecule has 2 aromatic rings. The van der Waals surface area contributed by atoms with Gasteiger partial charge in [-0.3, -0.25) is 14.4 Å². The lowest BCUT2D eigenvalue weighted by Crippen LogP contribution is -2.55. The molecule has 0 aromatic heterocycles.